The second-order valence-electron chi connectivity index (χ2n) is 5.31. The fourth-order valence-corrected chi connectivity index (χ4v) is 4.77. The maximum Gasteiger partial charge on any atom is 0.0838 e. The SMILES string of the molecule is CCOC1(C(Cc2ccc(Br)s2)NC)CCCCC1. The average molecular weight is 346 g/mol. The summed E-state index contributed by atoms with van der Waals surface area (Å²) in [5.74, 6) is 0. The van der Waals surface area contributed by atoms with Crippen LogP contribution in [0.15, 0.2) is 15.9 Å². The molecule has 1 fully saturated rings. The lowest BCUT2D eigenvalue weighted by Gasteiger charge is -2.43. The lowest BCUT2D eigenvalue weighted by molar-refractivity contribution is -0.0882. The lowest BCUT2D eigenvalue weighted by atomic mass is 9.77. The highest BCUT2D eigenvalue weighted by Crippen LogP contribution is 2.36. The zero-order chi connectivity index (χ0) is 13.7. The monoisotopic (exact) mass is 345 g/mol. The molecule has 1 aromatic rings. The summed E-state index contributed by atoms with van der Waals surface area (Å²) in [7, 11) is 2.07. The van der Waals surface area contributed by atoms with Crippen LogP contribution in [0.3, 0.4) is 0 Å². The fourth-order valence-electron chi connectivity index (χ4n) is 3.24. The van der Waals surface area contributed by atoms with Gasteiger partial charge in [-0.1, -0.05) is 19.3 Å². The van der Waals surface area contributed by atoms with E-state index in [2.05, 4.69) is 47.4 Å². The minimum atomic E-state index is 0.0399. The number of likely N-dealkylation sites (N-methyl/N-ethyl adjacent to an activating group) is 1. The van der Waals surface area contributed by atoms with Crippen molar-refractivity contribution in [3.05, 3.63) is 20.8 Å². The molecule has 0 radical (unpaired) electrons. The molecule has 0 spiro atoms. The maximum atomic E-state index is 6.23. The summed E-state index contributed by atoms with van der Waals surface area (Å²) in [6.07, 6.45) is 7.40. The van der Waals surface area contributed by atoms with E-state index in [0.29, 0.717) is 6.04 Å². The molecule has 0 bridgehead atoms. The number of nitrogens with one attached hydrogen (secondary N) is 1. The number of hydrogen-bond donors (Lipinski definition) is 1. The number of rotatable bonds is 6. The molecule has 4 heteroatoms. The first-order chi connectivity index (χ1) is 9.20. The molecular formula is C15H24BrNOS. The van der Waals surface area contributed by atoms with Gasteiger partial charge in [-0.25, -0.2) is 0 Å². The Hall–Kier alpha value is 0.1000. The van der Waals surface area contributed by atoms with Crippen molar-refractivity contribution >= 4 is 27.3 Å². The number of ether oxygens (including phenoxy) is 1. The van der Waals surface area contributed by atoms with Crippen LogP contribution in [0, 0.1) is 0 Å². The number of halogens is 1. The summed E-state index contributed by atoms with van der Waals surface area (Å²) in [6.45, 7) is 2.93. The first-order valence-electron chi connectivity index (χ1n) is 7.25. The molecule has 2 rings (SSSR count). The molecule has 1 aliphatic rings. The van der Waals surface area contributed by atoms with E-state index in [-0.39, 0.29) is 5.60 Å². The van der Waals surface area contributed by atoms with Crippen LogP contribution in [-0.2, 0) is 11.2 Å². The smallest absolute Gasteiger partial charge is 0.0838 e. The Balaban J connectivity index is 2.12. The van der Waals surface area contributed by atoms with Gasteiger partial charge in [-0.2, -0.15) is 0 Å². The minimum Gasteiger partial charge on any atom is -0.374 e. The Bertz CT molecular complexity index is 382. The van der Waals surface area contributed by atoms with Crippen molar-refractivity contribution in [2.45, 2.75) is 57.1 Å². The van der Waals surface area contributed by atoms with Gasteiger partial charge in [0.05, 0.1) is 9.39 Å². The third kappa shape index (κ3) is 3.81. The van der Waals surface area contributed by atoms with Crippen molar-refractivity contribution in [3.63, 3.8) is 0 Å². The normalized spacial score (nSPS) is 20.4. The van der Waals surface area contributed by atoms with Crippen molar-refractivity contribution in [1.82, 2.24) is 5.32 Å². The van der Waals surface area contributed by atoms with Crippen molar-refractivity contribution in [1.29, 1.82) is 0 Å². The van der Waals surface area contributed by atoms with Crippen molar-refractivity contribution in [2.24, 2.45) is 0 Å². The van der Waals surface area contributed by atoms with Crippen molar-refractivity contribution in [3.8, 4) is 0 Å². The molecule has 108 valence electrons. The third-order valence-electron chi connectivity index (χ3n) is 4.15. The zero-order valence-corrected chi connectivity index (χ0v) is 14.3. The average Bonchev–Trinajstić information content (AvgIpc) is 2.83. The molecule has 19 heavy (non-hydrogen) atoms. The highest BCUT2D eigenvalue weighted by Gasteiger charge is 2.39. The maximum absolute atomic E-state index is 6.23. The standard InChI is InChI=1S/C15H24BrNOS/c1-3-18-15(9-5-4-6-10-15)13(17-2)11-12-7-8-14(16)19-12/h7-8,13,17H,3-6,9-11H2,1-2H3. The van der Waals surface area contributed by atoms with Crippen LogP contribution in [0.5, 0.6) is 0 Å². The molecule has 1 saturated carbocycles. The molecule has 2 nitrogen and oxygen atoms in total. The molecule has 1 N–H and O–H groups in total. The molecule has 1 atom stereocenters. The van der Waals surface area contributed by atoms with E-state index in [1.807, 2.05) is 11.3 Å². The predicted molar refractivity (Wildman–Crippen MR) is 86.0 cm³/mol. The van der Waals surface area contributed by atoms with Crippen LogP contribution < -0.4 is 5.32 Å². The Kier molecular flexibility index (Phi) is 5.87. The first-order valence-corrected chi connectivity index (χ1v) is 8.86. The molecular weight excluding hydrogens is 322 g/mol. The molecule has 1 aromatic heterocycles. The molecule has 0 saturated heterocycles. The van der Waals surface area contributed by atoms with Gasteiger partial charge in [0.1, 0.15) is 0 Å². The molecule has 0 amide bonds. The van der Waals surface area contributed by atoms with Crippen molar-refractivity contribution < 1.29 is 4.74 Å². The molecule has 1 unspecified atom stereocenters. The highest BCUT2D eigenvalue weighted by molar-refractivity contribution is 9.11. The van der Waals surface area contributed by atoms with E-state index in [9.17, 15) is 0 Å². The Morgan fingerprint density at radius 3 is 2.63 bits per heavy atom. The van der Waals surface area contributed by atoms with Gasteiger partial charge in [0.25, 0.3) is 0 Å². The summed E-state index contributed by atoms with van der Waals surface area (Å²) in [5, 5.41) is 3.52. The van der Waals surface area contributed by atoms with Gasteiger partial charge >= 0.3 is 0 Å². The largest absolute Gasteiger partial charge is 0.374 e. The number of hydrogen-bond acceptors (Lipinski definition) is 3. The second kappa shape index (κ2) is 7.21. The predicted octanol–water partition coefficient (Wildman–Crippen LogP) is 4.38. The van der Waals surface area contributed by atoms with Crippen LogP contribution in [0.4, 0.5) is 0 Å². The van der Waals surface area contributed by atoms with Gasteiger partial charge < -0.3 is 10.1 Å². The van der Waals surface area contributed by atoms with E-state index < -0.39 is 0 Å². The summed E-state index contributed by atoms with van der Waals surface area (Å²) in [6, 6.07) is 4.78. The molecule has 1 aliphatic carbocycles. The first kappa shape index (κ1) is 15.5. The van der Waals surface area contributed by atoms with Gasteiger partial charge in [0.15, 0.2) is 0 Å². The molecule has 0 aliphatic heterocycles. The van der Waals surface area contributed by atoms with Gasteiger partial charge in [0, 0.05) is 17.5 Å². The Morgan fingerprint density at radius 2 is 2.11 bits per heavy atom. The third-order valence-corrected chi connectivity index (χ3v) is 5.80. The fraction of sp³-hybridized carbons (Fsp3) is 0.733. The number of thiophene rings is 1. The van der Waals surface area contributed by atoms with Crippen LogP contribution in [0.2, 0.25) is 0 Å². The summed E-state index contributed by atoms with van der Waals surface area (Å²) < 4.78 is 7.45. The quantitative estimate of drug-likeness (QED) is 0.825. The van der Waals surface area contributed by atoms with Gasteiger partial charge in [-0.3, -0.25) is 0 Å². The van der Waals surface area contributed by atoms with Crippen LogP contribution in [0.25, 0.3) is 0 Å². The highest BCUT2D eigenvalue weighted by atomic mass is 79.9. The van der Waals surface area contributed by atoms with Crippen LogP contribution >= 0.6 is 27.3 Å². The van der Waals surface area contributed by atoms with E-state index in [1.54, 1.807) is 0 Å². The zero-order valence-electron chi connectivity index (χ0n) is 11.9. The van der Waals surface area contributed by atoms with Crippen molar-refractivity contribution in [2.75, 3.05) is 13.7 Å². The molecule has 0 aromatic carbocycles. The van der Waals surface area contributed by atoms with Gasteiger partial charge in [0.2, 0.25) is 0 Å². The lowest BCUT2D eigenvalue weighted by Crippen LogP contribution is -2.53. The second-order valence-corrected chi connectivity index (χ2v) is 7.86. The van der Waals surface area contributed by atoms with Crippen LogP contribution in [0.1, 0.15) is 43.9 Å². The van der Waals surface area contributed by atoms with E-state index in [1.165, 1.54) is 40.8 Å². The van der Waals surface area contributed by atoms with Crippen LogP contribution in [-0.4, -0.2) is 25.3 Å². The van der Waals surface area contributed by atoms with E-state index in [0.717, 1.165) is 13.0 Å². The summed E-state index contributed by atoms with van der Waals surface area (Å²) in [5.41, 5.74) is 0.0399. The van der Waals surface area contributed by atoms with E-state index in [4.69, 9.17) is 4.74 Å². The minimum absolute atomic E-state index is 0.0399. The van der Waals surface area contributed by atoms with Gasteiger partial charge in [-0.15, -0.1) is 11.3 Å². The Labute approximate surface area is 129 Å². The Morgan fingerprint density at radius 1 is 1.37 bits per heavy atom. The topological polar surface area (TPSA) is 21.3 Å². The van der Waals surface area contributed by atoms with E-state index >= 15 is 0 Å². The summed E-state index contributed by atoms with van der Waals surface area (Å²) >= 11 is 5.38. The van der Waals surface area contributed by atoms with Gasteiger partial charge in [-0.05, 0) is 61.3 Å². The summed E-state index contributed by atoms with van der Waals surface area (Å²) in [4.78, 5) is 1.43. The molecule has 1 heterocycles.